The lowest BCUT2D eigenvalue weighted by molar-refractivity contribution is -0.140. The fourth-order valence-corrected chi connectivity index (χ4v) is 2.85. The van der Waals surface area contributed by atoms with E-state index >= 15 is 0 Å². The Kier molecular flexibility index (Phi) is 3.91. The summed E-state index contributed by atoms with van der Waals surface area (Å²) in [7, 11) is 0. The van der Waals surface area contributed by atoms with Gasteiger partial charge < -0.3 is 10.7 Å². The highest BCUT2D eigenvalue weighted by atomic mass is 19.4. The standard InChI is InChI=1S/C18H13F3N6O/c1-9-5-7-27(26-9)17-14(24-15(16(22)25-17)18(19,20)21)10-2-3-12-11(8-10)13(28)4-6-23-12/h2-8H,1H3,(H2,22,25)(H,23,28). The quantitative estimate of drug-likeness (QED) is 0.551. The number of halogens is 3. The number of hydrogen-bond donors (Lipinski definition) is 2. The Labute approximate surface area is 155 Å². The number of nitrogens with one attached hydrogen (secondary N) is 1. The number of nitrogen functional groups attached to an aromatic ring is 1. The van der Waals surface area contributed by atoms with Gasteiger partial charge in [0.1, 0.15) is 5.69 Å². The largest absolute Gasteiger partial charge is 0.437 e. The van der Waals surface area contributed by atoms with Crippen molar-refractivity contribution in [3.63, 3.8) is 0 Å². The number of alkyl halides is 3. The van der Waals surface area contributed by atoms with Gasteiger partial charge >= 0.3 is 6.18 Å². The van der Waals surface area contributed by atoms with E-state index in [4.69, 9.17) is 5.73 Å². The zero-order chi connectivity index (χ0) is 20.1. The molecule has 0 amide bonds. The Balaban J connectivity index is 2.03. The first kappa shape index (κ1) is 17.7. The van der Waals surface area contributed by atoms with Gasteiger partial charge in [-0.3, -0.25) is 4.79 Å². The molecule has 0 aliphatic rings. The van der Waals surface area contributed by atoms with Crippen LogP contribution < -0.4 is 11.2 Å². The monoisotopic (exact) mass is 386 g/mol. The first-order chi connectivity index (χ1) is 13.2. The van der Waals surface area contributed by atoms with Crippen molar-refractivity contribution in [3.05, 3.63) is 64.3 Å². The van der Waals surface area contributed by atoms with Crippen LogP contribution in [-0.2, 0) is 6.18 Å². The van der Waals surface area contributed by atoms with Crippen LogP contribution in [0, 0.1) is 6.92 Å². The lowest BCUT2D eigenvalue weighted by atomic mass is 10.1. The molecule has 142 valence electrons. The van der Waals surface area contributed by atoms with Crippen molar-refractivity contribution in [2.75, 3.05) is 5.73 Å². The van der Waals surface area contributed by atoms with E-state index in [2.05, 4.69) is 20.1 Å². The van der Waals surface area contributed by atoms with Gasteiger partial charge in [0.05, 0.1) is 5.69 Å². The second kappa shape index (κ2) is 6.19. The first-order valence-electron chi connectivity index (χ1n) is 8.13. The summed E-state index contributed by atoms with van der Waals surface area (Å²) in [5, 5.41) is 4.50. The summed E-state index contributed by atoms with van der Waals surface area (Å²) in [6.45, 7) is 1.73. The van der Waals surface area contributed by atoms with Crippen molar-refractivity contribution in [2.24, 2.45) is 0 Å². The molecule has 3 aromatic heterocycles. The van der Waals surface area contributed by atoms with Gasteiger partial charge in [0.2, 0.25) is 0 Å². The number of hydrogen-bond acceptors (Lipinski definition) is 5. The van der Waals surface area contributed by atoms with E-state index in [0.717, 1.165) is 0 Å². The number of fused-ring (bicyclic) bond motifs is 1. The Morgan fingerprint density at radius 1 is 1.14 bits per heavy atom. The Morgan fingerprint density at radius 2 is 1.93 bits per heavy atom. The average molecular weight is 386 g/mol. The van der Waals surface area contributed by atoms with E-state index in [9.17, 15) is 18.0 Å². The van der Waals surface area contributed by atoms with Crippen LogP contribution in [0.5, 0.6) is 0 Å². The summed E-state index contributed by atoms with van der Waals surface area (Å²) >= 11 is 0. The SMILES string of the molecule is Cc1ccn(-c2nc(N)c(C(F)(F)F)nc2-c2ccc3[nH]ccc(=O)c3c2)n1. The topological polar surface area (TPSA) is 102 Å². The van der Waals surface area contributed by atoms with Crippen molar-refractivity contribution in [3.8, 4) is 17.1 Å². The first-order valence-corrected chi connectivity index (χ1v) is 8.13. The normalized spacial score (nSPS) is 11.9. The van der Waals surface area contributed by atoms with Crippen LogP contribution >= 0.6 is 0 Å². The third-order valence-corrected chi connectivity index (χ3v) is 4.14. The second-order valence-corrected chi connectivity index (χ2v) is 6.13. The van der Waals surface area contributed by atoms with Gasteiger partial charge in [0, 0.05) is 34.9 Å². The predicted molar refractivity (Wildman–Crippen MR) is 96.9 cm³/mol. The minimum Gasteiger partial charge on any atom is -0.382 e. The number of rotatable bonds is 2. The van der Waals surface area contributed by atoms with Crippen molar-refractivity contribution >= 4 is 16.7 Å². The lowest BCUT2D eigenvalue weighted by Gasteiger charge is -2.14. The minimum atomic E-state index is -4.78. The molecule has 0 spiro atoms. The van der Waals surface area contributed by atoms with Gasteiger partial charge in [-0.2, -0.15) is 18.3 Å². The minimum absolute atomic E-state index is 0.0327. The zero-order valence-corrected chi connectivity index (χ0v) is 14.4. The molecule has 0 aliphatic carbocycles. The van der Waals surface area contributed by atoms with E-state index in [-0.39, 0.29) is 22.5 Å². The summed E-state index contributed by atoms with van der Waals surface area (Å²) in [5.41, 5.74) is 5.34. The molecule has 0 aliphatic heterocycles. The Morgan fingerprint density at radius 3 is 2.61 bits per heavy atom. The van der Waals surface area contributed by atoms with E-state index < -0.39 is 17.7 Å². The van der Waals surface area contributed by atoms with Gasteiger partial charge in [0.15, 0.2) is 22.8 Å². The van der Waals surface area contributed by atoms with Crippen LogP contribution in [0.1, 0.15) is 11.4 Å². The van der Waals surface area contributed by atoms with Crippen LogP contribution in [0.2, 0.25) is 0 Å². The smallest absolute Gasteiger partial charge is 0.382 e. The maximum atomic E-state index is 13.3. The lowest BCUT2D eigenvalue weighted by Crippen LogP contribution is -2.16. The molecule has 28 heavy (non-hydrogen) atoms. The molecule has 4 aromatic rings. The highest BCUT2D eigenvalue weighted by Crippen LogP contribution is 2.35. The molecule has 0 fully saturated rings. The molecule has 0 saturated carbocycles. The fourth-order valence-electron chi connectivity index (χ4n) is 2.85. The number of benzene rings is 1. The summed E-state index contributed by atoms with van der Waals surface area (Å²) in [5.74, 6) is -0.719. The number of aryl methyl sites for hydroxylation is 1. The van der Waals surface area contributed by atoms with E-state index in [0.29, 0.717) is 16.6 Å². The van der Waals surface area contributed by atoms with Crippen molar-refractivity contribution in [1.29, 1.82) is 0 Å². The summed E-state index contributed by atoms with van der Waals surface area (Å²) < 4.78 is 41.3. The Bertz CT molecular complexity index is 1260. The predicted octanol–water partition coefficient (Wildman–Crippen LogP) is 3.08. The van der Waals surface area contributed by atoms with Gasteiger partial charge in [0.25, 0.3) is 0 Å². The van der Waals surface area contributed by atoms with E-state index in [1.807, 2.05) is 0 Å². The molecular weight excluding hydrogens is 373 g/mol. The van der Waals surface area contributed by atoms with Gasteiger partial charge in [-0.1, -0.05) is 6.07 Å². The van der Waals surface area contributed by atoms with Crippen LogP contribution in [0.3, 0.4) is 0 Å². The maximum absolute atomic E-state index is 13.3. The van der Waals surface area contributed by atoms with Crippen LogP contribution in [0.25, 0.3) is 28.0 Å². The molecule has 3 heterocycles. The van der Waals surface area contributed by atoms with Crippen molar-refractivity contribution in [2.45, 2.75) is 13.1 Å². The Hall–Kier alpha value is -3.69. The van der Waals surface area contributed by atoms with Crippen LogP contribution in [-0.4, -0.2) is 24.7 Å². The van der Waals surface area contributed by atoms with Crippen molar-refractivity contribution in [1.82, 2.24) is 24.7 Å². The molecule has 0 radical (unpaired) electrons. The number of anilines is 1. The molecule has 0 atom stereocenters. The van der Waals surface area contributed by atoms with Crippen LogP contribution in [0.4, 0.5) is 19.0 Å². The maximum Gasteiger partial charge on any atom is 0.437 e. The van der Waals surface area contributed by atoms with Gasteiger partial charge in [-0.05, 0) is 25.1 Å². The number of aromatic nitrogens is 5. The average Bonchev–Trinajstić information content (AvgIpc) is 3.07. The highest BCUT2D eigenvalue weighted by molar-refractivity contribution is 5.84. The number of pyridine rings is 1. The summed E-state index contributed by atoms with van der Waals surface area (Å²) in [4.78, 5) is 22.7. The van der Waals surface area contributed by atoms with E-state index in [1.165, 1.54) is 23.0 Å². The molecule has 10 heteroatoms. The zero-order valence-electron chi connectivity index (χ0n) is 14.4. The molecule has 1 aromatic carbocycles. The molecule has 7 nitrogen and oxygen atoms in total. The molecule has 3 N–H and O–H groups in total. The second-order valence-electron chi connectivity index (χ2n) is 6.13. The molecule has 0 bridgehead atoms. The van der Waals surface area contributed by atoms with Gasteiger partial charge in [-0.15, -0.1) is 0 Å². The molecule has 0 unspecified atom stereocenters. The number of nitrogens with two attached hydrogens (primary N) is 1. The molecule has 4 rings (SSSR count). The molecular formula is C18H13F3N6O. The van der Waals surface area contributed by atoms with Crippen LogP contribution in [0.15, 0.2) is 47.5 Å². The van der Waals surface area contributed by atoms with E-state index in [1.54, 1.807) is 31.3 Å². The third kappa shape index (κ3) is 2.98. The summed E-state index contributed by atoms with van der Waals surface area (Å²) in [6.07, 6.45) is -1.74. The third-order valence-electron chi connectivity index (χ3n) is 4.14. The highest BCUT2D eigenvalue weighted by Gasteiger charge is 2.37. The fraction of sp³-hybridized carbons (Fsp3) is 0.111. The van der Waals surface area contributed by atoms with Gasteiger partial charge in [-0.25, -0.2) is 14.6 Å². The summed E-state index contributed by atoms with van der Waals surface area (Å²) in [6, 6.07) is 7.62. The molecule has 0 saturated heterocycles. The number of aromatic amines is 1. The number of H-pyrrole nitrogens is 1. The number of nitrogens with zero attached hydrogens (tertiary/aromatic N) is 4. The van der Waals surface area contributed by atoms with Crippen molar-refractivity contribution < 1.29 is 13.2 Å².